The molecule has 110 valence electrons. The second-order valence-electron chi connectivity index (χ2n) is 4.81. The van der Waals surface area contributed by atoms with E-state index in [0.717, 1.165) is 5.56 Å². The SMILES string of the molecule is N#Cc1cccc(C(=O)Nc2cnc(-c3ccccc3)nc2)c1. The molecule has 3 rings (SSSR count). The van der Waals surface area contributed by atoms with Crippen LogP contribution in [0.5, 0.6) is 0 Å². The zero-order valence-electron chi connectivity index (χ0n) is 12.1. The maximum absolute atomic E-state index is 12.2. The molecular formula is C18H12N4O. The van der Waals surface area contributed by atoms with Gasteiger partial charge in [0.15, 0.2) is 5.82 Å². The number of anilines is 1. The van der Waals surface area contributed by atoms with Gasteiger partial charge in [0.1, 0.15) is 0 Å². The van der Waals surface area contributed by atoms with Crippen molar-refractivity contribution in [2.75, 3.05) is 5.32 Å². The van der Waals surface area contributed by atoms with Crippen molar-refractivity contribution in [3.05, 3.63) is 78.1 Å². The number of amides is 1. The third kappa shape index (κ3) is 3.39. The van der Waals surface area contributed by atoms with Crippen LogP contribution in [0.15, 0.2) is 67.0 Å². The Labute approximate surface area is 133 Å². The Morgan fingerprint density at radius 1 is 1.00 bits per heavy atom. The predicted molar refractivity (Wildman–Crippen MR) is 86.6 cm³/mol. The van der Waals surface area contributed by atoms with E-state index < -0.39 is 0 Å². The highest BCUT2D eigenvalue weighted by molar-refractivity contribution is 6.04. The minimum absolute atomic E-state index is 0.307. The third-order valence-corrected chi connectivity index (χ3v) is 3.20. The van der Waals surface area contributed by atoms with Crippen LogP contribution in [0, 0.1) is 11.3 Å². The summed E-state index contributed by atoms with van der Waals surface area (Å²) < 4.78 is 0. The van der Waals surface area contributed by atoms with Crippen molar-refractivity contribution in [1.82, 2.24) is 9.97 Å². The second-order valence-corrected chi connectivity index (χ2v) is 4.81. The Morgan fingerprint density at radius 3 is 2.43 bits per heavy atom. The van der Waals surface area contributed by atoms with Gasteiger partial charge in [0.05, 0.1) is 29.7 Å². The fourth-order valence-corrected chi connectivity index (χ4v) is 2.06. The van der Waals surface area contributed by atoms with Crippen molar-refractivity contribution in [2.24, 2.45) is 0 Å². The van der Waals surface area contributed by atoms with Crippen LogP contribution in [0.2, 0.25) is 0 Å². The maximum atomic E-state index is 12.2. The first-order valence-electron chi connectivity index (χ1n) is 6.95. The molecule has 0 radical (unpaired) electrons. The largest absolute Gasteiger partial charge is 0.319 e. The minimum Gasteiger partial charge on any atom is -0.319 e. The average Bonchev–Trinajstić information content (AvgIpc) is 2.63. The summed E-state index contributed by atoms with van der Waals surface area (Å²) in [6, 6.07) is 18.1. The van der Waals surface area contributed by atoms with E-state index in [1.165, 1.54) is 6.07 Å². The van der Waals surface area contributed by atoms with Gasteiger partial charge in [0.25, 0.3) is 5.91 Å². The van der Waals surface area contributed by atoms with Gasteiger partial charge in [-0.05, 0) is 18.2 Å². The first kappa shape index (κ1) is 14.4. The molecule has 0 bridgehead atoms. The predicted octanol–water partition coefficient (Wildman–Crippen LogP) is 3.27. The lowest BCUT2D eigenvalue weighted by Gasteiger charge is -2.06. The number of carbonyl (C=O) groups is 1. The Bertz CT molecular complexity index is 868. The van der Waals surface area contributed by atoms with Crippen LogP contribution in [-0.4, -0.2) is 15.9 Å². The Balaban J connectivity index is 1.76. The van der Waals surface area contributed by atoms with Crippen molar-refractivity contribution in [1.29, 1.82) is 5.26 Å². The molecule has 0 spiro atoms. The van der Waals surface area contributed by atoms with E-state index in [4.69, 9.17) is 5.26 Å². The number of nitriles is 1. The molecule has 1 aromatic heterocycles. The van der Waals surface area contributed by atoms with E-state index in [1.54, 1.807) is 30.6 Å². The highest BCUT2D eigenvalue weighted by Crippen LogP contribution is 2.15. The Kier molecular flexibility index (Phi) is 4.07. The maximum Gasteiger partial charge on any atom is 0.255 e. The Hall–Kier alpha value is -3.52. The van der Waals surface area contributed by atoms with Gasteiger partial charge in [0, 0.05) is 11.1 Å². The molecule has 1 amide bonds. The summed E-state index contributed by atoms with van der Waals surface area (Å²) in [5, 5.41) is 11.6. The molecule has 23 heavy (non-hydrogen) atoms. The second kappa shape index (κ2) is 6.50. The van der Waals surface area contributed by atoms with Gasteiger partial charge in [-0.15, -0.1) is 0 Å². The highest BCUT2D eigenvalue weighted by Gasteiger charge is 2.08. The van der Waals surface area contributed by atoms with E-state index in [0.29, 0.717) is 22.6 Å². The van der Waals surface area contributed by atoms with Crippen LogP contribution in [0.25, 0.3) is 11.4 Å². The summed E-state index contributed by atoms with van der Waals surface area (Å²) in [5.41, 5.74) is 2.26. The van der Waals surface area contributed by atoms with Gasteiger partial charge < -0.3 is 5.32 Å². The highest BCUT2D eigenvalue weighted by atomic mass is 16.1. The average molecular weight is 300 g/mol. The van der Waals surface area contributed by atoms with Crippen LogP contribution in [0.4, 0.5) is 5.69 Å². The number of nitrogens with one attached hydrogen (secondary N) is 1. The molecule has 1 heterocycles. The number of hydrogen-bond donors (Lipinski definition) is 1. The number of rotatable bonds is 3. The lowest BCUT2D eigenvalue weighted by atomic mass is 10.1. The Morgan fingerprint density at radius 2 is 1.74 bits per heavy atom. The number of hydrogen-bond acceptors (Lipinski definition) is 4. The molecule has 5 nitrogen and oxygen atoms in total. The zero-order chi connectivity index (χ0) is 16.1. The molecule has 0 fully saturated rings. The molecule has 0 saturated heterocycles. The lowest BCUT2D eigenvalue weighted by Crippen LogP contribution is -2.12. The van der Waals surface area contributed by atoms with Gasteiger partial charge in [-0.3, -0.25) is 4.79 Å². The number of aromatic nitrogens is 2. The monoisotopic (exact) mass is 300 g/mol. The first-order chi connectivity index (χ1) is 11.3. The zero-order valence-corrected chi connectivity index (χ0v) is 12.1. The summed E-state index contributed by atoms with van der Waals surface area (Å²) in [4.78, 5) is 20.7. The third-order valence-electron chi connectivity index (χ3n) is 3.20. The molecule has 5 heteroatoms. The van der Waals surface area contributed by atoms with Crippen LogP contribution >= 0.6 is 0 Å². The number of nitrogens with zero attached hydrogens (tertiary/aromatic N) is 3. The molecule has 0 atom stereocenters. The van der Waals surface area contributed by atoms with Gasteiger partial charge in [-0.25, -0.2) is 9.97 Å². The molecule has 0 aliphatic carbocycles. The molecule has 0 unspecified atom stereocenters. The molecular weight excluding hydrogens is 288 g/mol. The van der Waals surface area contributed by atoms with E-state index in [1.807, 2.05) is 36.4 Å². The summed E-state index contributed by atoms with van der Waals surface area (Å²) in [6.45, 7) is 0. The van der Waals surface area contributed by atoms with Gasteiger partial charge in [-0.2, -0.15) is 5.26 Å². The van der Waals surface area contributed by atoms with E-state index in [2.05, 4.69) is 15.3 Å². The fourth-order valence-electron chi connectivity index (χ4n) is 2.06. The summed E-state index contributed by atoms with van der Waals surface area (Å²) >= 11 is 0. The molecule has 0 saturated carbocycles. The van der Waals surface area contributed by atoms with Crippen molar-refractivity contribution >= 4 is 11.6 Å². The number of carbonyl (C=O) groups excluding carboxylic acids is 1. The van der Waals surface area contributed by atoms with Crippen LogP contribution < -0.4 is 5.32 Å². The van der Waals surface area contributed by atoms with E-state index in [-0.39, 0.29) is 5.91 Å². The normalized spacial score (nSPS) is 9.87. The van der Waals surface area contributed by atoms with Crippen LogP contribution in [0.1, 0.15) is 15.9 Å². The van der Waals surface area contributed by atoms with Gasteiger partial charge >= 0.3 is 0 Å². The summed E-state index contributed by atoms with van der Waals surface area (Å²) in [7, 11) is 0. The molecule has 3 aromatic rings. The molecule has 0 aliphatic rings. The topological polar surface area (TPSA) is 78.7 Å². The van der Waals surface area contributed by atoms with Crippen LogP contribution in [0.3, 0.4) is 0 Å². The summed E-state index contributed by atoms with van der Waals surface area (Å²) in [6.07, 6.45) is 3.11. The van der Waals surface area contributed by atoms with Crippen molar-refractivity contribution in [3.8, 4) is 17.5 Å². The summed E-state index contributed by atoms with van der Waals surface area (Å²) in [5.74, 6) is 0.285. The van der Waals surface area contributed by atoms with Crippen molar-refractivity contribution in [2.45, 2.75) is 0 Å². The minimum atomic E-state index is -0.307. The van der Waals surface area contributed by atoms with E-state index >= 15 is 0 Å². The quantitative estimate of drug-likeness (QED) is 0.805. The standard InChI is InChI=1S/C18H12N4O/c19-10-13-5-4-8-15(9-13)18(23)22-16-11-20-17(21-12-16)14-6-2-1-3-7-14/h1-9,11-12H,(H,22,23). The van der Waals surface area contributed by atoms with Gasteiger partial charge in [0.2, 0.25) is 0 Å². The first-order valence-corrected chi connectivity index (χ1v) is 6.95. The van der Waals surface area contributed by atoms with Crippen molar-refractivity contribution in [3.63, 3.8) is 0 Å². The van der Waals surface area contributed by atoms with E-state index in [9.17, 15) is 4.79 Å². The smallest absolute Gasteiger partial charge is 0.255 e. The molecule has 2 aromatic carbocycles. The van der Waals surface area contributed by atoms with Crippen LogP contribution in [-0.2, 0) is 0 Å². The van der Waals surface area contributed by atoms with Gasteiger partial charge in [-0.1, -0.05) is 36.4 Å². The fraction of sp³-hybridized carbons (Fsp3) is 0. The lowest BCUT2D eigenvalue weighted by molar-refractivity contribution is 0.102. The number of benzene rings is 2. The van der Waals surface area contributed by atoms with Crippen molar-refractivity contribution < 1.29 is 4.79 Å². The molecule has 1 N–H and O–H groups in total. The molecule has 0 aliphatic heterocycles.